The molecule has 0 aliphatic heterocycles. The van der Waals surface area contributed by atoms with Crippen LogP contribution in [-0.4, -0.2) is 29.2 Å². The molecule has 7 nitrogen and oxygen atoms in total. The Labute approximate surface area is 188 Å². The van der Waals surface area contributed by atoms with E-state index in [0.717, 1.165) is 21.3 Å². The highest BCUT2D eigenvalue weighted by atomic mass is 35.5. The van der Waals surface area contributed by atoms with Gasteiger partial charge in [-0.1, -0.05) is 47.2 Å². The Morgan fingerprint density at radius 1 is 1.23 bits per heavy atom. The van der Waals surface area contributed by atoms with E-state index in [4.69, 9.17) is 11.6 Å². The monoisotopic (exact) mass is 453 g/mol. The summed E-state index contributed by atoms with van der Waals surface area (Å²) in [6, 6.07) is 12.8. The van der Waals surface area contributed by atoms with Crippen molar-refractivity contribution in [2.75, 3.05) is 5.32 Å². The van der Waals surface area contributed by atoms with E-state index >= 15 is 0 Å². The molecule has 0 unspecified atom stereocenters. The van der Waals surface area contributed by atoms with Gasteiger partial charge >= 0.3 is 0 Å². The number of thiazole rings is 1. The Morgan fingerprint density at radius 3 is 2.71 bits per heavy atom. The number of halogens is 1. The quantitative estimate of drug-likeness (QED) is 0.512. The zero-order valence-electron chi connectivity index (χ0n) is 17.0. The van der Waals surface area contributed by atoms with Gasteiger partial charge in [-0.25, -0.2) is 9.98 Å². The number of hydrogen-bond acceptors (Lipinski definition) is 6. The fraction of sp³-hybridized carbons (Fsp3) is 0.136. The van der Waals surface area contributed by atoms with Gasteiger partial charge in [0.2, 0.25) is 11.8 Å². The summed E-state index contributed by atoms with van der Waals surface area (Å²) in [4.78, 5) is 36.3. The van der Waals surface area contributed by atoms with E-state index in [0.29, 0.717) is 15.9 Å². The summed E-state index contributed by atoms with van der Waals surface area (Å²) in [5.41, 5.74) is 3.02. The maximum atomic E-state index is 12.5. The zero-order chi connectivity index (χ0) is 22.4. The molecule has 0 saturated heterocycles. The van der Waals surface area contributed by atoms with Crippen LogP contribution >= 0.6 is 22.9 Å². The molecule has 0 bridgehead atoms. The SMILES string of the molecule is C=N/C=C(\N=C(C)c1ccc2nc(NC(C)=O)sc2c1)NC(=O)Cc1ccccc1Cl. The number of anilines is 1. The predicted molar refractivity (Wildman–Crippen MR) is 127 cm³/mol. The minimum atomic E-state index is -0.266. The third kappa shape index (κ3) is 6.07. The predicted octanol–water partition coefficient (Wildman–Crippen LogP) is 4.58. The second-order valence-corrected chi connectivity index (χ2v) is 8.03. The van der Waals surface area contributed by atoms with E-state index in [1.807, 2.05) is 37.3 Å². The third-order valence-corrected chi connectivity index (χ3v) is 5.47. The third-order valence-electron chi connectivity index (χ3n) is 4.17. The summed E-state index contributed by atoms with van der Waals surface area (Å²) < 4.78 is 0.908. The molecule has 0 radical (unpaired) electrons. The molecule has 1 heterocycles. The van der Waals surface area contributed by atoms with Crippen molar-refractivity contribution < 1.29 is 9.59 Å². The maximum absolute atomic E-state index is 12.5. The Balaban J connectivity index is 1.78. The van der Waals surface area contributed by atoms with Crippen molar-refractivity contribution in [3.63, 3.8) is 0 Å². The van der Waals surface area contributed by atoms with Crippen LogP contribution in [-0.2, 0) is 16.0 Å². The average molecular weight is 454 g/mol. The van der Waals surface area contributed by atoms with E-state index in [9.17, 15) is 9.59 Å². The molecule has 0 aliphatic rings. The number of nitrogens with zero attached hydrogens (tertiary/aromatic N) is 3. The van der Waals surface area contributed by atoms with E-state index in [1.54, 1.807) is 12.1 Å². The van der Waals surface area contributed by atoms with Gasteiger partial charge in [-0.2, -0.15) is 0 Å². The van der Waals surface area contributed by atoms with Gasteiger partial charge in [0.05, 0.1) is 22.8 Å². The van der Waals surface area contributed by atoms with Gasteiger partial charge in [-0.3, -0.25) is 14.6 Å². The fourth-order valence-electron chi connectivity index (χ4n) is 2.78. The molecule has 31 heavy (non-hydrogen) atoms. The Morgan fingerprint density at radius 2 is 2.00 bits per heavy atom. The number of aromatic nitrogens is 1. The van der Waals surface area contributed by atoms with Crippen molar-refractivity contribution in [2.45, 2.75) is 20.3 Å². The van der Waals surface area contributed by atoms with Crippen LogP contribution in [0.5, 0.6) is 0 Å². The lowest BCUT2D eigenvalue weighted by Gasteiger charge is -2.08. The van der Waals surface area contributed by atoms with Gasteiger partial charge in [-0.05, 0) is 43.0 Å². The summed E-state index contributed by atoms with van der Waals surface area (Å²) in [5.74, 6) is -0.165. The number of carbonyl (C=O) groups excluding carboxylic acids is 2. The van der Waals surface area contributed by atoms with E-state index in [2.05, 4.69) is 32.3 Å². The summed E-state index contributed by atoms with van der Waals surface area (Å²) in [5, 5.41) is 6.50. The molecule has 2 aromatic carbocycles. The first-order valence-corrected chi connectivity index (χ1v) is 10.5. The lowest BCUT2D eigenvalue weighted by Crippen LogP contribution is -2.24. The first kappa shape index (κ1) is 22.3. The molecule has 158 valence electrons. The minimum Gasteiger partial charge on any atom is -0.309 e. The number of amides is 2. The van der Waals surface area contributed by atoms with Gasteiger partial charge in [0, 0.05) is 17.7 Å². The number of carbonyl (C=O) groups is 2. The number of rotatable bonds is 7. The Bertz CT molecular complexity index is 1220. The van der Waals surface area contributed by atoms with Crippen LogP contribution in [0.25, 0.3) is 10.2 Å². The van der Waals surface area contributed by atoms with Crippen LogP contribution in [0.1, 0.15) is 25.0 Å². The first-order chi connectivity index (χ1) is 14.9. The largest absolute Gasteiger partial charge is 0.309 e. The highest BCUT2D eigenvalue weighted by Crippen LogP contribution is 2.27. The van der Waals surface area contributed by atoms with Crippen LogP contribution in [0.4, 0.5) is 5.13 Å². The molecule has 0 aliphatic carbocycles. The molecule has 0 fully saturated rings. The number of aliphatic imine (C=N–C) groups is 2. The van der Waals surface area contributed by atoms with Gasteiger partial charge in [0.15, 0.2) is 11.0 Å². The minimum absolute atomic E-state index is 0.113. The topological polar surface area (TPSA) is 95.8 Å². The van der Waals surface area contributed by atoms with Crippen LogP contribution in [0.2, 0.25) is 5.02 Å². The summed E-state index contributed by atoms with van der Waals surface area (Å²) in [6.07, 6.45) is 1.50. The summed E-state index contributed by atoms with van der Waals surface area (Å²) >= 11 is 7.51. The highest BCUT2D eigenvalue weighted by molar-refractivity contribution is 7.22. The molecule has 2 N–H and O–H groups in total. The Hall–Kier alpha value is -3.36. The molecular weight excluding hydrogens is 434 g/mol. The molecule has 3 aromatic rings. The summed E-state index contributed by atoms with van der Waals surface area (Å²) in [6.45, 7) is 6.71. The molecule has 0 atom stereocenters. The molecule has 0 spiro atoms. The van der Waals surface area contributed by atoms with E-state index in [1.165, 1.54) is 24.5 Å². The van der Waals surface area contributed by atoms with Crippen molar-refractivity contribution in [1.82, 2.24) is 10.3 Å². The lowest BCUT2D eigenvalue weighted by atomic mass is 10.1. The first-order valence-electron chi connectivity index (χ1n) is 9.29. The van der Waals surface area contributed by atoms with Gasteiger partial charge < -0.3 is 10.6 Å². The second-order valence-electron chi connectivity index (χ2n) is 6.59. The molecule has 2 amide bonds. The van der Waals surface area contributed by atoms with Crippen molar-refractivity contribution in [1.29, 1.82) is 0 Å². The van der Waals surface area contributed by atoms with Crippen molar-refractivity contribution in [3.8, 4) is 0 Å². The van der Waals surface area contributed by atoms with Crippen LogP contribution < -0.4 is 10.6 Å². The number of benzene rings is 2. The van der Waals surface area contributed by atoms with Crippen LogP contribution in [0.3, 0.4) is 0 Å². The average Bonchev–Trinajstić information content (AvgIpc) is 3.10. The van der Waals surface area contributed by atoms with Gasteiger partial charge in [0.25, 0.3) is 0 Å². The van der Waals surface area contributed by atoms with Crippen molar-refractivity contribution in [3.05, 3.63) is 70.6 Å². The second kappa shape index (κ2) is 10.1. The lowest BCUT2D eigenvalue weighted by molar-refractivity contribution is -0.119. The molecule has 0 saturated carbocycles. The number of hydrogen-bond donors (Lipinski definition) is 2. The number of fused-ring (bicyclic) bond motifs is 1. The molecule has 9 heteroatoms. The fourth-order valence-corrected chi connectivity index (χ4v) is 3.93. The van der Waals surface area contributed by atoms with E-state index < -0.39 is 0 Å². The van der Waals surface area contributed by atoms with Gasteiger partial charge in [-0.15, -0.1) is 0 Å². The van der Waals surface area contributed by atoms with E-state index in [-0.39, 0.29) is 24.1 Å². The summed E-state index contributed by atoms with van der Waals surface area (Å²) in [7, 11) is 0. The normalized spacial score (nSPS) is 12.0. The molecule has 1 aromatic heterocycles. The smallest absolute Gasteiger partial charge is 0.230 e. The van der Waals surface area contributed by atoms with Gasteiger partial charge in [0.1, 0.15) is 0 Å². The molecular formula is C22H20ClN5O2S. The molecule has 3 rings (SSSR count). The van der Waals surface area contributed by atoms with Crippen LogP contribution in [0, 0.1) is 0 Å². The Kier molecular flexibility index (Phi) is 7.28. The number of nitrogens with one attached hydrogen (secondary N) is 2. The van der Waals surface area contributed by atoms with Crippen LogP contribution in [0.15, 0.2) is 64.5 Å². The zero-order valence-corrected chi connectivity index (χ0v) is 18.5. The maximum Gasteiger partial charge on any atom is 0.230 e. The highest BCUT2D eigenvalue weighted by Gasteiger charge is 2.10. The van der Waals surface area contributed by atoms with Crippen molar-refractivity contribution in [2.24, 2.45) is 9.98 Å². The van der Waals surface area contributed by atoms with Crippen molar-refractivity contribution >= 4 is 62.5 Å². The standard InChI is InChI=1S/C22H20ClN5O2S/c1-13(15-8-9-18-19(10-15)31-22(27-18)26-14(2)29)25-20(12-24-3)28-21(30)11-16-6-4-5-7-17(16)23/h4-10,12H,3,11H2,1-2H3,(H,28,30)(H,26,27,29)/b20-12+,25-13?.